The van der Waals surface area contributed by atoms with Crippen LogP contribution in [0.15, 0.2) is 60.7 Å². The summed E-state index contributed by atoms with van der Waals surface area (Å²) in [6.07, 6.45) is -0.0167. The highest BCUT2D eigenvalue weighted by Gasteiger charge is 2.76. The average Bonchev–Trinajstić information content (AvgIpc) is 3.25. The van der Waals surface area contributed by atoms with Crippen LogP contribution in [-0.4, -0.2) is 47.5 Å². The molecule has 2 bridgehead atoms. The largest absolute Gasteiger partial charge is 0.496 e. The zero-order valence-corrected chi connectivity index (χ0v) is 25.8. The highest BCUT2D eigenvalue weighted by molar-refractivity contribution is 6.11. The van der Waals surface area contributed by atoms with Crippen molar-refractivity contribution in [1.82, 2.24) is 4.90 Å². The van der Waals surface area contributed by atoms with Crippen molar-refractivity contribution in [2.24, 2.45) is 10.8 Å². The normalized spacial score (nSPS) is 23.2. The molecule has 0 spiro atoms. The van der Waals surface area contributed by atoms with Crippen molar-refractivity contribution < 1.29 is 28.6 Å². The van der Waals surface area contributed by atoms with E-state index in [0.717, 1.165) is 5.39 Å². The zero-order chi connectivity index (χ0) is 30.6. The Morgan fingerprint density at radius 1 is 0.881 bits per heavy atom. The molecule has 0 aromatic heterocycles. The third-order valence-electron chi connectivity index (χ3n) is 9.84. The van der Waals surface area contributed by atoms with E-state index in [1.54, 1.807) is 7.11 Å². The quantitative estimate of drug-likeness (QED) is 0.275. The van der Waals surface area contributed by atoms with E-state index in [-0.39, 0.29) is 24.0 Å². The zero-order valence-electron chi connectivity index (χ0n) is 25.8. The van der Waals surface area contributed by atoms with Gasteiger partial charge in [-0.2, -0.15) is 0 Å². The van der Waals surface area contributed by atoms with Crippen molar-refractivity contribution in [3.63, 3.8) is 0 Å². The first kappa shape index (κ1) is 29.6. The van der Waals surface area contributed by atoms with Crippen molar-refractivity contribution in [2.75, 3.05) is 7.11 Å². The Balaban J connectivity index is 1.73. The second-order valence-corrected chi connectivity index (χ2v) is 12.9. The molecule has 1 aliphatic carbocycles. The van der Waals surface area contributed by atoms with Gasteiger partial charge < -0.3 is 19.1 Å². The van der Waals surface area contributed by atoms with Gasteiger partial charge in [-0.3, -0.25) is 9.59 Å². The maximum Gasteiger partial charge on any atom is 0.352 e. The molecule has 222 valence electrons. The maximum atomic E-state index is 14.6. The van der Waals surface area contributed by atoms with Crippen LogP contribution >= 0.6 is 0 Å². The lowest BCUT2D eigenvalue weighted by Gasteiger charge is -2.36. The number of esters is 2. The summed E-state index contributed by atoms with van der Waals surface area (Å²) in [5.74, 6) is -0.595. The number of hydrogen-bond donors (Lipinski definition) is 0. The van der Waals surface area contributed by atoms with Gasteiger partial charge in [-0.25, -0.2) is 4.79 Å². The predicted molar refractivity (Wildman–Crippen MR) is 161 cm³/mol. The van der Waals surface area contributed by atoms with Gasteiger partial charge in [-0.05, 0) is 64.5 Å². The van der Waals surface area contributed by atoms with E-state index in [2.05, 4.69) is 0 Å². The van der Waals surface area contributed by atoms with E-state index < -0.39 is 28.5 Å². The number of carbonyl (C=O) groups excluding carboxylic acids is 3. The summed E-state index contributed by atoms with van der Waals surface area (Å²) in [7, 11) is 1.58. The number of amides is 1. The third-order valence-corrected chi connectivity index (χ3v) is 9.84. The number of hydrogen-bond acceptors (Lipinski definition) is 6. The molecule has 1 saturated carbocycles. The van der Waals surface area contributed by atoms with Crippen LogP contribution in [0, 0.1) is 10.8 Å². The van der Waals surface area contributed by atoms with Gasteiger partial charge in [0.15, 0.2) is 6.10 Å². The molecular weight excluding hydrogens is 530 g/mol. The van der Waals surface area contributed by atoms with Crippen molar-refractivity contribution >= 4 is 28.6 Å². The van der Waals surface area contributed by atoms with Gasteiger partial charge in [0.2, 0.25) is 5.60 Å². The Hall–Kier alpha value is -3.87. The summed E-state index contributed by atoms with van der Waals surface area (Å²) in [5, 5.41) is 1.49. The minimum Gasteiger partial charge on any atom is -0.496 e. The molecule has 0 radical (unpaired) electrons. The lowest BCUT2D eigenvalue weighted by Crippen LogP contribution is -2.49. The van der Waals surface area contributed by atoms with Crippen molar-refractivity contribution in [3.05, 3.63) is 77.4 Å². The molecular formula is C35H41NO6. The van der Waals surface area contributed by atoms with Crippen LogP contribution in [0.2, 0.25) is 0 Å². The van der Waals surface area contributed by atoms with Gasteiger partial charge >= 0.3 is 11.9 Å². The lowest BCUT2D eigenvalue weighted by molar-refractivity contribution is -0.186. The van der Waals surface area contributed by atoms with Crippen LogP contribution in [-0.2, 0) is 19.1 Å². The van der Waals surface area contributed by atoms with Gasteiger partial charge in [0.1, 0.15) is 5.75 Å². The van der Waals surface area contributed by atoms with Gasteiger partial charge in [-0.15, -0.1) is 0 Å². The highest BCUT2D eigenvalue weighted by Crippen LogP contribution is 2.66. The molecule has 7 heteroatoms. The summed E-state index contributed by atoms with van der Waals surface area (Å²) in [4.78, 5) is 43.7. The summed E-state index contributed by atoms with van der Waals surface area (Å²) < 4.78 is 18.1. The number of carbonyl (C=O) groups is 3. The fraction of sp³-hybridized carbons (Fsp3) is 0.457. The Bertz CT molecular complexity index is 1540. The molecule has 7 nitrogen and oxygen atoms in total. The van der Waals surface area contributed by atoms with E-state index in [1.807, 2.05) is 114 Å². The molecule has 0 unspecified atom stereocenters. The van der Waals surface area contributed by atoms with E-state index in [4.69, 9.17) is 14.2 Å². The third kappa shape index (κ3) is 4.19. The number of fused-ring (bicyclic) bond motifs is 3. The summed E-state index contributed by atoms with van der Waals surface area (Å²) >= 11 is 0. The SMILES string of the molecule is COc1cccc2ccc([C@@H](OC(=O)[C@@]34CC[C@@](C)(C(=O)O3)C4(C)C)c3ccccc3)c(C(=O)N(C(C)C)C(C)C)c12. The Labute approximate surface area is 248 Å². The molecule has 1 heterocycles. The second kappa shape index (κ2) is 10.4. The molecule has 1 saturated heterocycles. The first-order valence-corrected chi connectivity index (χ1v) is 14.7. The number of benzene rings is 3. The first-order chi connectivity index (χ1) is 19.8. The maximum absolute atomic E-state index is 14.6. The van der Waals surface area contributed by atoms with E-state index in [1.165, 1.54) is 0 Å². The molecule has 42 heavy (non-hydrogen) atoms. The molecule has 5 rings (SSSR count). The number of methoxy groups -OCH3 is 1. The monoisotopic (exact) mass is 571 g/mol. The van der Waals surface area contributed by atoms with Crippen LogP contribution in [0.5, 0.6) is 5.75 Å². The van der Waals surface area contributed by atoms with E-state index >= 15 is 0 Å². The molecule has 3 atom stereocenters. The fourth-order valence-corrected chi connectivity index (χ4v) is 7.02. The Morgan fingerprint density at radius 3 is 2.10 bits per heavy atom. The fourth-order valence-electron chi connectivity index (χ4n) is 7.02. The van der Waals surface area contributed by atoms with Crippen LogP contribution in [0.4, 0.5) is 0 Å². The van der Waals surface area contributed by atoms with Crippen LogP contribution in [0.1, 0.15) is 88.9 Å². The minimum absolute atomic E-state index is 0.0817. The smallest absolute Gasteiger partial charge is 0.352 e. The van der Waals surface area contributed by atoms with E-state index in [0.29, 0.717) is 40.7 Å². The molecule has 3 aromatic rings. The van der Waals surface area contributed by atoms with Crippen LogP contribution < -0.4 is 4.74 Å². The van der Waals surface area contributed by atoms with Crippen molar-refractivity contribution in [1.29, 1.82) is 0 Å². The molecule has 1 aliphatic heterocycles. The van der Waals surface area contributed by atoms with Crippen molar-refractivity contribution in [2.45, 2.75) is 85.1 Å². The molecule has 2 aliphatic rings. The van der Waals surface area contributed by atoms with E-state index in [9.17, 15) is 14.4 Å². The second-order valence-electron chi connectivity index (χ2n) is 12.9. The molecule has 0 N–H and O–H groups in total. The van der Waals surface area contributed by atoms with Crippen LogP contribution in [0.25, 0.3) is 10.8 Å². The summed E-state index contributed by atoms with van der Waals surface area (Å²) in [5.41, 5.74) is -1.29. The summed E-state index contributed by atoms with van der Waals surface area (Å²) in [6, 6.07) is 18.7. The molecule has 3 aromatic carbocycles. The first-order valence-electron chi connectivity index (χ1n) is 14.7. The van der Waals surface area contributed by atoms with Crippen LogP contribution in [0.3, 0.4) is 0 Å². The Morgan fingerprint density at radius 2 is 1.55 bits per heavy atom. The van der Waals surface area contributed by atoms with Gasteiger partial charge in [0.05, 0.1) is 18.1 Å². The van der Waals surface area contributed by atoms with Gasteiger partial charge in [0, 0.05) is 28.4 Å². The van der Waals surface area contributed by atoms with Gasteiger partial charge in [-0.1, -0.05) is 68.4 Å². The average molecular weight is 572 g/mol. The number of rotatable bonds is 8. The number of nitrogens with zero attached hydrogens (tertiary/aromatic N) is 1. The Kier molecular flexibility index (Phi) is 7.36. The standard InChI is InChI=1S/C35H41NO6/c1-21(2)36(22(3)4)30(37)28-25(18-17-23-15-12-16-26(40-8)27(23)28)29(24-13-10-9-11-14-24)41-32(39)35-20-19-34(7,31(38)42-35)33(35,5)6/h9-18,21-22,29H,19-20H2,1-8H3/t29-,34-,35+/m0/s1. The molecule has 2 fully saturated rings. The predicted octanol–water partition coefficient (Wildman–Crippen LogP) is 6.86. The highest BCUT2D eigenvalue weighted by atomic mass is 16.6. The number of ether oxygens (including phenoxy) is 3. The minimum atomic E-state index is -1.41. The summed E-state index contributed by atoms with van der Waals surface area (Å²) in [6.45, 7) is 13.6. The lowest BCUT2D eigenvalue weighted by atomic mass is 9.66. The van der Waals surface area contributed by atoms with Crippen molar-refractivity contribution in [3.8, 4) is 5.75 Å². The van der Waals surface area contributed by atoms with Gasteiger partial charge in [0.25, 0.3) is 5.91 Å². The topological polar surface area (TPSA) is 82.1 Å². The molecule has 1 amide bonds.